The number of fused-ring (bicyclic) bond motifs is 3. The molecule has 1 saturated heterocycles. The summed E-state index contributed by atoms with van der Waals surface area (Å²) in [7, 11) is 0. The minimum Gasteiger partial charge on any atom is -0.450 e. The van der Waals surface area contributed by atoms with Crippen LogP contribution in [-0.2, 0) is 9.53 Å². The smallest absolute Gasteiger partial charge is 0.332 e. The van der Waals surface area contributed by atoms with Crippen molar-refractivity contribution in [2.24, 2.45) is 0 Å². The molecule has 3 heteroatoms. The third-order valence-electron chi connectivity index (χ3n) is 5.12. The first-order valence-electron chi connectivity index (χ1n) is 8.48. The van der Waals surface area contributed by atoms with Gasteiger partial charge < -0.3 is 4.74 Å². The fourth-order valence-corrected chi connectivity index (χ4v) is 4.01. The number of allylic oxidation sites excluding steroid dienone is 1. The van der Waals surface area contributed by atoms with Crippen molar-refractivity contribution >= 4 is 5.97 Å². The number of rotatable bonds is 1. The Morgan fingerprint density at radius 2 is 2.30 bits per heavy atom. The molecule has 3 rings (SSSR count). The number of hydrogen-bond donors (Lipinski definition) is 0. The largest absolute Gasteiger partial charge is 0.450 e. The Labute approximate surface area is 139 Å². The van der Waals surface area contributed by atoms with Crippen LogP contribution in [-0.4, -0.2) is 35.1 Å². The molecule has 3 aliphatic rings. The van der Waals surface area contributed by atoms with E-state index in [1.807, 2.05) is 6.92 Å². The maximum absolute atomic E-state index is 12.0. The summed E-state index contributed by atoms with van der Waals surface area (Å²) < 4.78 is 5.81. The number of ether oxygens (including phenoxy) is 1. The van der Waals surface area contributed by atoms with Gasteiger partial charge in [-0.15, -0.1) is 0 Å². The van der Waals surface area contributed by atoms with Crippen molar-refractivity contribution in [1.82, 2.24) is 4.90 Å². The molecule has 0 aromatic heterocycles. The Bertz CT molecular complexity index is 661. The third-order valence-corrected chi connectivity index (χ3v) is 5.12. The summed E-state index contributed by atoms with van der Waals surface area (Å²) in [6.45, 7) is 11.2. The Morgan fingerprint density at radius 1 is 1.52 bits per heavy atom. The second-order valence-electron chi connectivity index (χ2n) is 7.09. The van der Waals surface area contributed by atoms with Crippen molar-refractivity contribution in [2.75, 3.05) is 6.54 Å². The highest BCUT2D eigenvalue weighted by molar-refractivity contribution is 5.89. The molecule has 0 spiro atoms. The van der Waals surface area contributed by atoms with Gasteiger partial charge in [0.05, 0.1) is 6.04 Å². The van der Waals surface area contributed by atoms with Crippen LogP contribution in [0.2, 0.25) is 0 Å². The van der Waals surface area contributed by atoms with E-state index in [9.17, 15) is 4.79 Å². The molecular weight excluding hydrogens is 286 g/mol. The van der Waals surface area contributed by atoms with Gasteiger partial charge in [0.1, 0.15) is 0 Å². The van der Waals surface area contributed by atoms with E-state index in [1.165, 1.54) is 12.8 Å². The van der Waals surface area contributed by atoms with Gasteiger partial charge in [0.25, 0.3) is 0 Å². The summed E-state index contributed by atoms with van der Waals surface area (Å²) in [5.41, 5.74) is 2.37. The third kappa shape index (κ3) is 2.88. The predicted molar refractivity (Wildman–Crippen MR) is 91.7 cm³/mol. The highest BCUT2D eigenvalue weighted by atomic mass is 16.6. The van der Waals surface area contributed by atoms with Gasteiger partial charge in [-0.2, -0.15) is 0 Å². The minimum absolute atomic E-state index is 0.237. The molecule has 0 aliphatic carbocycles. The van der Waals surface area contributed by atoms with Gasteiger partial charge in [0.2, 0.25) is 0 Å². The van der Waals surface area contributed by atoms with E-state index >= 15 is 0 Å². The zero-order valence-electron chi connectivity index (χ0n) is 14.3. The maximum atomic E-state index is 12.0. The number of esters is 1. The molecule has 0 amide bonds. The summed E-state index contributed by atoms with van der Waals surface area (Å²) in [4.78, 5) is 14.5. The van der Waals surface area contributed by atoms with Crippen LogP contribution in [0.3, 0.4) is 0 Å². The first kappa shape index (κ1) is 16.1. The minimum atomic E-state index is -0.577. The van der Waals surface area contributed by atoms with Crippen molar-refractivity contribution < 1.29 is 9.53 Å². The van der Waals surface area contributed by atoms with Crippen LogP contribution in [0, 0.1) is 11.8 Å². The van der Waals surface area contributed by atoms with Crippen molar-refractivity contribution in [1.29, 1.82) is 0 Å². The molecule has 23 heavy (non-hydrogen) atoms. The molecule has 0 radical (unpaired) electrons. The number of hydrogen-bond acceptors (Lipinski definition) is 3. The molecule has 0 unspecified atom stereocenters. The van der Waals surface area contributed by atoms with E-state index in [0.29, 0.717) is 12.5 Å². The molecule has 1 fully saturated rings. The summed E-state index contributed by atoms with van der Waals surface area (Å²) >= 11 is 0. The Hall–Kier alpha value is -1.79. The van der Waals surface area contributed by atoms with Crippen molar-refractivity contribution in [2.45, 2.75) is 64.1 Å². The predicted octanol–water partition coefficient (Wildman–Crippen LogP) is 3.38. The molecule has 0 aromatic rings. The second kappa shape index (κ2) is 6.02. The Kier molecular flexibility index (Phi) is 4.21. The topological polar surface area (TPSA) is 29.5 Å². The van der Waals surface area contributed by atoms with E-state index in [-0.39, 0.29) is 12.0 Å². The average molecular weight is 311 g/mol. The zero-order valence-corrected chi connectivity index (χ0v) is 14.3. The lowest BCUT2D eigenvalue weighted by molar-refractivity contribution is -0.151. The molecule has 0 saturated carbocycles. The van der Waals surface area contributed by atoms with Crippen LogP contribution in [0.5, 0.6) is 0 Å². The number of carbonyl (C=O) groups is 1. The summed E-state index contributed by atoms with van der Waals surface area (Å²) in [6, 6.07) is 0.539. The van der Waals surface area contributed by atoms with Crippen LogP contribution in [0.25, 0.3) is 0 Å². The molecule has 3 aliphatic heterocycles. The van der Waals surface area contributed by atoms with Gasteiger partial charge in [-0.3, -0.25) is 4.90 Å². The number of nitrogens with zero attached hydrogens (tertiary/aromatic N) is 1. The normalized spacial score (nSPS) is 33.3. The highest BCUT2D eigenvalue weighted by Crippen LogP contribution is 2.44. The van der Waals surface area contributed by atoms with Gasteiger partial charge >= 0.3 is 5.97 Å². The standard InChI is InChI=1S/C20H25NO2/c1-14(2)8-7-9-16-12-15(3)21-11-6-5-10-18(21)20(4)17(16)13-19(22)23-20/h12-13,15,18H,1,5-6,8,10-11H2,2-4H3/t15-,18+,20-/m0/s1. The molecule has 0 N–H and O–H groups in total. The Balaban J connectivity index is 2.04. The quantitative estimate of drug-likeness (QED) is 0.422. The first-order chi connectivity index (χ1) is 10.9. The van der Waals surface area contributed by atoms with Crippen molar-refractivity contribution in [3.8, 4) is 11.8 Å². The van der Waals surface area contributed by atoms with Gasteiger partial charge in [-0.05, 0) is 40.2 Å². The summed E-state index contributed by atoms with van der Waals surface area (Å²) in [6.07, 6.45) is 7.97. The Morgan fingerprint density at radius 3 is 3.04 bits per heavy atom. The van der Waals surface area contributed by atoms with Crippen LogP contribution >= 0.6 is 0 Å². The number of piperidine rings is 1. The monoisotopic (exact) mass is 311 g/mol. The maximum Gasteiger partial charge on any atom is 0.332 e. The van der Waals surface area contributed by atoms with Crippen LogP contribution < -0.4 is 0 Å². The van der Waals surface area contributed by atoms with E-state index in [2.05, 4.69) is 43.2 Å². The number of carbonyl (C=O) groups excluding carboxylic acids is 1. The first-order valence-corrected chi connectivity index (χ1v) is 8.48. The molecule has 0 aromatic carbocycles. The zero-order chi connectivity index (χ0) is 16.6. The summed E-state index contributed by atoms with van der Waals surface area (Å²) in [5.74, 6) is 6.22. The lowest BCUT2D eigenvalue weighted by Gasteiger charge is -2.45. The van der Waals surface area contributed by atoms with Crippen LogP contribution in [0.15, 0.2) is 35.5 Å². The molecular formula is C20H25NO2. The average Bonchev–Trinajstić information content (AvgIpc) is 2.78. The molecule has 122 valence electrons. The molecule has 0 bridgehead atoms. The van der Waals surface area contributed by atoms with Crippen molar-refractivity contribution in [3.63, 3.8) is 0 Å². The fourth-order valence-electron chi connectivity index (χ4n) is 4.01. The van der Waals surface area contributed by atoms with E-state index < -0.39 is 5.60 Å². The lowest BCUT2D eigenvalue weighted by atomic mass is 9.81. The fraction of sp³-hybridized carbons (Fsp3) is 0.550. The van der Waals surface area contributed by atoms with Gasteiger partial charge in [-0.25, -0.2) is 4.79 Å². The van der Waals surface area contributed by atoms with Crippen LogP contribution in [0.4, 0.5) is 0 Å². The molecule has 3 atom stereocenters. The lowest BCUT2D eigenvalue weighted by Crippen LogP contribution is -2.55. The van der Waals surface area contributed by atoms with Crippen molar-refractivity contribution in [3.05, 3.63) is 35.5 Å². The van der Waals surface area contributed by atoms with Crippen LogP contribution in [0.1, 0.15) is 46.5 Å². The van der Waals surface area contributed by atoms with Gasteiger partial charge in [0.15, 0.2) is 5.60 Å². The van der Waals surface area contributed by atoms with E-state index in [1.54, 1.807) is 6.08 Å². The second-order valence-corrected chi connectivity index (χ2v) is 7.09. The molecule has 3 heterocycles. The van der Waals surface area contributed by atoms with E-state index in [0.717, 1.165) is 29.7 Å². The SMILES string of the molecule is C=C(C)CC#CC1=C[C@H](C)N2CCCC[C@@H]2[C@@]2(C)OC(=O)C=C12. The highest BCUT2D eigenvalue weighted by Gasteiger charge is 2.51. The summed E-state index contributed by atoms with van der Waals surface area (Å²) in [5, 5.41) is 0. The van der Waals surface area contributed by atoms with Gasteiger partial charge in [-0.1, -0.05) is 36.5 Å². The van der Waals surface area contributed by atoms with E-state index in [4.69, 9.17) is 4.74 Å². The van der Waals surface area contributed by atoms with Gasteiger partial charge in [0, 0.05) is 29.7 Å². The molecule has 3 nitrogen and oxygen atoms in total.